The van der Waals surface area contributed by atoms with Crippen LogP contribution in [-0.2, 0) is 4.79 Å². The van der Waals surface area contributed by atoms with Crippen LogP contribution in [0.4, 0.5) is 0 Å². The van der Waals surface area contributed by atoms with Gasteiger partial charge in [-0.15, -0.1) is 0 Å². The van der Waals surface area contributed by atoms with Gasteiger partial charge in [-0.1, -0.05) is 25.5 Å². The zero-order chi connectivity index (χ0) is 14.8. The third-order valence-electron chi connectivity index (χ3n) is 7.79. The van der Waals surface area contributed by atoms with Crippen LogP contribution in [0, 0.1) is 28.6 Å². The van der Waals surface area contributed by atoms with Crippen LogP contribution in [0.15, 0.2) is 11.6 Å². The Labute approximate surface area is 128 Å². The van der Waals surface area contributed by atoms with Crippen molar-refractivity contribution in [2.24, 2.45) is 28.6 Å². The Kier molecular flexibility index (Phi) is 2.96. The molecular formula is C19H28O2. The summed E-state index contributed by atoms with van der Waals surface area (Å²) in [5.74, 6) is 2.60. The Bertz CT molecular complexity index is 508. The van der Waals surface area contributed by atoms with Crippen molar-refractivity contribution < 1.29 is 9.90 Å². The van der Waals surface area contributed by atoms with Gasteiger partial charge < -0.3 is 5.11 Å². The Morgan fingerprint density at radius 1 is 1.10 bits per heavy atom. The van der Waals surface area contributed by atoms with E-state index in [1.807, 2.05) is 0 Å². The number of ketones is 1. The minimum Gasteiger partial charge on any atom is -0.393 e. The highest BCUT2D eigenvalue weighted by Crippen LogP contribution is 2.63. The summed E-state index contributed by atoms with van der Waals surface area (Å²) in [6, 6.07) is 0. The molecule has 116 valence electrons. The summed E-state index contributed by atoms with van der Waals surface area (Å²) in [5.41, 5.74) is 1.81. The molecule has 4 aliphatic carbocycles. The second-order valence-corrected chi connectivity index (χ2v) is 8.57. The topological polar surface area (TPSA) is 37.3 Å². The van der Waals surface area contributed by atoms with Crippen molar-refractivity contribution in [2.45, 2.75) is 71.3 Å². The molecule has 21 heavy (non-hydrogen) atoms. The minimum atomic E-state index is -0.122. The molecule has 0 aliphatic heterocycles. The van der Waals surface area contributed by atoms with Gasteiger partial charge in [0.1, 0.15) is 5.78 Å². The Morgan fingerprint density at radius 3 is 2.62 bits per heavy atom. The summed E-state index contributed by atoms with van der Waals surface area (Å²) >= 11 is 0. The van der Waals surface area contributed by atoms with Crippen LogP contribution in [0.5, 0.6) is 0 Å². The number of aliphatic hydroxyl groups excluding tert-OH is 1. The van der Waals surface area contributed by atoms with Gasteiger partial charge in [0.05, 0.1) is 6.10 Å². The van der Waals surface area contributed by atoms with Gasteiger partial charge in [-0.2, -0.15) is 0 Å². The molecule has 0 spiro atoms. The van der Waals surface area contributed by atoms with Crippen molar-refractivity contribution in [3.05, 3.63) is 11.6 Å². The number of carbonyl (C=O) groups is 1. The van der Waals surface area contributed by atoms with Gasteiger partial charge in [0, 0.05) is 11.8 Å². The van der Waals surface area contributed by atoms with Crippen molar-refractivity contribution in [2.75, 3.05) is 0 Å². The molecule has 4 aliphatic rings. The first kappa shape index (κ1) is 14.0. The summed E-state index contributed by atoms with van der Waals surface area (Å²) in [5, 5.41) is 10.00. The van der Waals surface area contributed by atoms with E-state index in [-0.39, 0.29) is 11.5 Å². The maximum atomic E-state index is 12.4. The van der Waals surface area contributed by atoms with E-state index < -0.39 is 0 Å². The zero-order valence-corrected chi connectivity index (χ0v) is 13.4. The van der Waals surface area contributed by atoms with E-state index in [0.717, 1.165) is 50.9 Å². The van der Waals surface area contributed by atoms with Crippen LogP contribution in [0.25, 0.3) is 0 Å². The van der Waals surface area contributed by atoms with Gasteiger partial charge in [-0.3, -0.25) is 4.79 Å². The van der Waals surface area contributed by atoms with Crippen molar-refractivity contribution in [1.82, 2.24) is 0 Å². The molecule has 6 atom stereocenters. The van der Waals surface area contributed by atoms with Gasteiger partial charge in [0.15, 0.2) is 0 Å². The second kappa shape index (κ2) is 4.44. The van der Waals surface area contributed by atoms with Gasteiger partial charge >= 0.3 is 0 Å². The van der Waals surface area contributed by atoms with Crippen LogP contribution in [0.2, 0.25) is 0 Å². The SMILES string of the molecule is C[C@@]12CC[C@H]3[C@H](CC=C4C[C@H](O)CC[C@@]43C)[C@@H]1CCC2=O. The van der Waals surface area contributed by atoms with E-state index in [1.165, 1.54) is 12.0 Å². The van der Waals surface area contributed by atoms with Crippen LogP contribution in [0.3, 0.4) is 0 Å². The Balaban J connectivity index is 1.69. The molecule has 0 aromatic rings. The molecule has 0 aromatic heterocycles. The lowest BCUT2D eigenvalue weighted by Gasteiger charge is -2.56. The lowest BCUT2D eigenvalue weighted by Crippen LogP contribution is -2.50. The molecule has 2 nitrogen and oxygen atoms in total. The smallest absolute Gasteiger partial charge is 0.139 e. The Morgan fingerprint density at radius 2 is 1.81 bits per heavy atom. The van der Waals surface area contributed by atoms with Crippen LogP contribution in [0.1, 0.15) is 65.2 Å². The van der Waals surface area contributed by atoms with E-state index in [2.05, 4.69) is 19.9 Å². The third-order valence-corrected chi connectivity index (χ3v) is 7.79. The van der Waals surface area contributed by atoms with E-state index in [0.29, 0.717) is 23.0 Å². The van der Waals surface area contributed by atoms with E-state index in [9.17, 15) is 9.90 Å². The summed E-state index contributed by atoms with van der Waals surface area (Å²) < 4.78 is 0. The monoisotopic (exact) mass is 288 g/mol. The van der Waals surface area contributed by atoms with Crippen molar-refractivity contribution >= 4 is 5.78 Å². The largest absolute Gasteiger partial charge is 0.393 e. The van der Waals surface area contributed by atoms with Crippen LogP contribution in [-0.4, -0.2) is 17.0 Å². The summed E-state index contributed by atoms with van der Waals surface area (Å²) in [7, 11) is 0. The molecule has 0 unspecified atom stereocenters. The van der Waals surface area contributed by atoms with Gasteiger partial charge in [-0.05, 0) is 68.1 Å². The van der Waals surface area contributed by atoms with E-state index in [1.54, 1.807) is 0 Å². The maximum Gasteiger partial charge on any atom is 0.139 e. The standard InChI is InChI=1S/C19H28O2/c1-18-9-7-13(20)11-12(18)3-4-14-15-5-6-17(21)19(15,2)10-8-16(14)18/h3,13-16,20H,4-11H2,1-2H3/t13-,14-,15+,16+,18+,19-/m1/s1. The molecule has 0 bridgehead atoms. The average molecular weight is 288 g/mol. The molecule has 0 aromatic carbocycles. The number of fused-ring (bicyclic) bond motifs is 5. The van der Waals surface area contributed by atoms with Crippen molar-refractivity contribution in [1.29, 1.82) is 0 Å². The molecule has 1 N–H and O–H groups in total. The fourth-order valence-electron chi connectivity index (χ4n) is 6.41. The second-order valence-electron chi connectivity index (χ2n) is 8.57. The fraction of sp³-hybridized carbons (Fsp3) is 0.842. The predicted octanol–water partition coefficient (Wildman–Crippen LogP) is 3.88. The highest BCUT2D eigenvalue weighted by atomic mass is 16.3. The van der Waals surface area contributed by atoms with Crippen molar-refractivity contribution in [3.63, 3.8) is 0 Å². The zero-order valence-electron chi connectivity index (χ0n) is 13.4. The first-order chi connectivity index (χ1) is 9.95. The number of carbonyl (C=O) groups excluding carboxylic acids is 1. The highest BCUT2D eigenvalue weighted by Gasteiger charge is 2.58. The quantitative estimate of drug-likeness (QED) is 0.687. The summed E-state index contributed by atoms with van der Waals surface area (Å²) in [4.78, 5) is 12.4. The van der Waals surface area contributed by atoms with E-state index in [4.69, 9.17) is 0 Å². The van der Waals surface area contributed by atoms with Crippen LogP contribution >= 0.6 is 0 Å². The van der Waals surface area contributed by atoms with Gasteiger partial charge in [-0.25, -0.2) is 0 Å². The highest BCUT2D eigenvalue weighted by molar-refractivity contribution is 5.87. The number of allylic oxidation sites excluding steroid dienone is 1. The lowest BCUT2D eigenvalue weighted by atomic mass is 9.48. The molecule has 0 saturated heterocycles. The van der Waals surface area contributed by atoms with Crippen molar-refractivity contribution in [3.8, 4) is 0 Å². The molecule has 0 heterocycles. The Hall–Kier alpha value is -0.630. The lowest BCUT2D eigenvalue weighted by molar-refractivity contribution is -0.132. The van der Waals surface area contributed by atoms with Gasteiger partial charge in [0.25, 0.3) is 0 Å². The number of hydrogen-bond acceptors (Lipinski definition) is 2. The summed E-state index contributed by atoms with van der Waals surface area (Å²) in [6.07, 6.45) is 10.7. The maximum absolute atomic E-state index is 12.4. The average Bonchev–Trinajstić information content (AvgIpc) is 2.76. The fourth-order valence-corrected chi connectivity index (χ4v) is 6.41. The minimum absolute atomic E-state index is 0.0168. The molecule has 3 saturated carbocycles. The molecule has 0 amide bonds. The summed E-state index contributed by atoms with van der Waals surface area (Å²) in [6.45, 7) is 4.69. The number of aliphatic hydroxyl groups is 1. The van der Waals surface area contributed by atoms with Crippen LogP contribution < -0.4 is 0 Å². The molecule has 0 radical (unpaired) electrons. The number of Topliss-reactive ketones (excluding diaryl/α,β-unsaturated/α-hetero) is 1. The molecular weight excluding hydrogens is 260 g/mol. The molecule has 4 rings (SSSR count). The first-order valence-corrected chi connectivity index (χ1v) is 8.86. The normalized spacial score (nSPS) is 52.7. The van der Waals surface area contributed by atoms with E-state index >= 15 is 0 Å². The predicted molar refractivity (Wildman–Crippen MR) is 82.7 cm³/mol. The first-order valence-electron chi connectivity index (χ1n) is 8.86. The molecule has 3 fully saturated rings. The third kappa shape index (κ3) is 1.78. The van der Waals surface area contributed by atoms with Gasteiger partial charge in [0.2, 0.25) is 0 Å². The number of hydrogen-bond donors (Lipinski definition) is 1. The number of rotatable bonds is 0. The molecule has 2 heteroatoms.